The number of halogens is 3. The van der Waals surface area contributed by atoms with E-state index < -0.39 is 12.0 Å². The molecule has 1 N–H and O–H groups in total. The van der Waals surface area contributed by atoms with Crippen LogP contribution >= 0.6 is 0 Å². The summed E-state index contributed by atoms with van der Waals surface area (Å²) in [6.07, 6.45) is -3.21. The van der Waals surface area contributed by atoms with Crippen molar-refractivity contribution in [2.75, 3.05) is 0 Å². The molecule has 2 aromatic rings. The quantitative estimate of drug-likeness (QED) is 0.851. The Hall–Kier alpha value is -1.78. The number of nitrogens with one attached hydrogen (secondary N) is 1. The van der Waals surface area contributed by atoms with E-state index in [0.29, 0.717) is 11.6 Å². The molecule has 1 aromatic carbocycles. The highest BCUT2D eigenvalue weighted by Crippen LogP contribution is 2.31. The van der Waals surface area contributed by atoms with Crippen LogP contribution < -0.4 is 0 Å². The lowest BCUT2D eigenvalue weighted by molar-refractivity contribution is -0.144. The Morgan fingerprint density at radius 2 is 1.89 bits per heavy atom. The lowest BCUT2D eigenvalue weighted by Crippen LogP contribution is -2.07. The Morgan fingerprint density at radius 3 is 2.42 bits per heavy atom. The summed E-state index contributed by atoms with van der Waals surface area (Å²) in [6.45, 7) is 5.96. The highest BCUT2D eigenvalue weighted by atomic mass is 19.4. The molecule has 0 unspecified atom stereocenters. The maximum absolute atomic E-state index is 12.5. The summed E-state index contributed by atoms with van der Waals surface area (Å²) in [4.78, 5) is 5.74. The summed E-state index contributed by atoms with van der Waals surface area (Å²) >= 11 is 0. The monoisotopic (exact) mass is 268 g/mol. The van der Waals surface area contributed by atoms with Crippen LogP contribution in [0.15, 0.2) is 24.4 Å². The third-order valence-corrected chi connectivity index (χ3v) is 3.06. The van der Waals surface area contributed by atoms with Gasteiger partial charge in [0.05, 0.1) is 11.9 Å². The van der Waals surface area contributed by atoms with Crippen LogP contribution in [0.4, 0.5) is 13.2 Å². The summed E-state index contributed by atoms with van der Waals surface area (Å²) in [5, 5.41) is 0. The number of aryl methyl sites for hydroxylation is 1. The number of aromatic nitrogens is 2. The Balaban J connectivity index is 2.47. The van der Waals surface area contributed by atoms with Gasteiger partial charge < -0.3 is 4.98 Å². The largest absolute Gasteiger partial charge is 0.449 e. The number of nitrogens with zero attached hydrogens (tertiary/aromatic N) is 1. The maximum atomic E-state index is 12.5. The fourth-order valence-corrected chi connectivity index (χ4v) is 1.89. The van der Waals surface area contributed by atoms with Gasteiger partial charge in [-0.1, -0.05) is 26.0 Å². The zero-order chi connectivity index (χ0) is 14.2. The van der Waals surface area contributed by atoms with Gasteiger partial charge >= 0.3 is 6.18 Å². The first-order valence-corrected chi connectivity index (χ1v) is 6.02. The SMILES string of the molecule is Cc1ccc(C(C)C)cc1-c1cnc(C(F)(F)F)[nH]1. The summed E-state index contributed by atoms with van der Waals surface area (Å²) in [5.74, 6) is -0.638. The van der Waals surface area contributed by atoms with E-state index in [4.69, 9.17) is 0 Å². The third kappa shape index (κ3) is 2.80. The van der Waals surface area contributed by atoms with Crippen LogP contribution in [-0.4, -0.2) is 9.97 Å². The number of hydrogen-bond acceptors (Lipinski definition) is 1. The number of rotatable bonds is 2. The summed E-state index contributed by atoms with van der Waals surface area (Å²) in [5.41, 5.74) is 3.16. The van der Waals surface area contributed by atoms with Crippen LogP contribution in [0.5, 0.6) is 0 Å². The molecule has 0 radical (unpaired) electrons. The Bertz CT molecular complexity index is 583. The molecule has 0 spiro atoms. The molecular formula is C14H15F3N2. The van der Waals surface area contributed by atoms with Crippen molar-refractivity contribution in [2.24, 2.45) is 0 Å². The van der Waals surface area contributed by atoms with E-state index >= 15 is 0 Å². The van der Waals surface area contributed by atoms with Crippen LogP contribution in [0.2, 0.25) is 0 Å². The Labute approximate surface area is 109 Å². The first kappa shape index (κ1) is 13.6. The van der Waals surface area contributed by atoms with E-state index in [1.165, 1.54) is 6.20 Å². The number of imidazole rings is 1. The average Bonchev–Trinajstić information content (AvgIpc) is 2.78. The van der Waals surface area contributed by atoms with Gasteiger partial charge in [-0.05, 0) is 30.0 Å². The summed E-state index contributed by atoms with van der Waals surface area (Å²) in [7, 11) is 0. The first-order chi connectivity index (χ1) is 8.79. The lowest BCUT2D eigenvalue weighted by atomic mass is 9.97. The van der Waals surface area contributed by atoms with Crippen LogP contribution in [0, 0.1) is 6.92 Å². The van der Waals surface area contributed by atoms with Crippen molar-refractivity contribution in [1.29, 1.82) is 0 Å². The molecule has 0 aliphatic rings. The van der Waals surface area contributed by atoms with Gasteiger partial charge in [-0.3, -0.25) is 0 Å². The van der Waals surface area contributed by atoms with Gasteiger partial charge in [0.15, 0.2) is 0 Å². The number of aromatic amines is 1. The van der Waals surface area contributed by atoms with Crippen molar-refractivity contribution in [3.8, 4) is 11.3 Å². The average molecular weight is 268 g/mol. The summed E-state index contributed by atoms with van der Waals surface area (Å²) < 4.78 is 37.6. The van der Waals surface area contributed by atoms with Gasteiger partial charge in [0, 0.05) is 5.56 Å². The van der Waals surface area contributed by atoms with E-state index in [0.717, 1.165) is 16.7 Å². The van der Waals surface area contributed by atoms with Crippen molar-refractivity contribution >= 4 is 0 Å². The number of hydrogen-bond donors (Lipinski definition) is 1. The molecule has 0 saturated carbocycles. The molecule has 19 heavy (non-hydrogen) atoms. The van der Waals surface area contributed by atoms with Gasteiger partial charge in [0.1, 0.15) is 0 Å². The molecule has 0 amide bonds. The zero-order valence-corrected chi connectivity index (χ0v) is 11.0. The molecule has 0 saturated heterocycles. The number of H-pyrrole nitrogens is 1. The third-order valence-electron chi connectivity index (χ3n) is 3.06. The van der Waals surface area contributed by atoms with Crippen molar-refractivity contribution in [3.05, 3.63) is 41.3 Å². The van der Waals surface area contributed by atoms with Crippen LogP contribution in [0.1, 0.15) is 36.7 Å². The van der Waals surface area contributed by atoms with Crippen molar-refractivity contribution in [1.82, 2.24) is 9.97 Å². The van der Waals surface area contributed by atoms with E-state index in [1.54, 1.807) is 0 Å². The van der Waals surface area contributed by atoms with Gasteiger partial charge in [-0.15, -0.1) is 0 Å². The normalized spacial score (nSPS) is 12.2. The minimum Gasteiger partial charge on any atom is -0.334 e. The topological polar surface area (TPSA) is 28.7 Å². The minimum absolute atomic E-state index is 0.323. The Kier molecular flexibility index (Phi) is 3.39. The van der Waals surface area contributed by atoms with Crippen molar-refractivity contribution in [2.45, 2.75) is 32.9 Å². The molecule has 0 aliphatic carbocycles. The van der Waals surface area contributed by atoms with E-state index in [-0.39, 0.29) is 0 Å². The van der Waals surface area contributed by atoms with Gasteiger partial charge in [-0.25, -0.2) is 4.98 Å². The summed E-state index contributed by atoms with van der Waals surface area (Å²) in [6, 6.07) is 5.82. The van der Waals surface area contributed by atoms with Crippen LogP contribution in [0.25, 0.3) is 11.3 Å². The van der Waals surface area contributed by atoms with Gasteiger partial charge in [0.25, 0.3) is 0 Å². The highest BCUT2D eigenvalue weighted by molar-refractivity contribution is 5.64. The zero-order valence-electron chi connectivity index (χ0n) is 11.0. The highest BCUT2D eigenvalue weighted by Gasteiger charge is 2.34. The Morgan fingerprint density at radius 1 is 1.21 bits per heavy atom. The van der Waals surface area contributed by atoms with E-state index in [9.17, 15) is 13.2 Å². The fourth-order valence-electron chi connectivity index (χ4n) is 1.89. The molecule has 5 heteroatoms. The fraction of sp³-hybridized carbons (Fsp3) is 0.357. The van der Waals surface area contributed by atoms with E-state index in [2.05, 4.69) is 9.97 Å². The molecule has 1 heterocycles. The second kappa shape index (κ2) is 4.72. The number of alkyl halides is 3. The van der Waals surface area contributed by atoms with Crippen LogP contribution in [-0.2, 0) is 6.18 Å². The van der Waals surface area contributed by atoms with Gasteiger partial charge in [-0.2, -0.15) is 13.2 Å². The molecule has 0 atom stereocenters. The first-order valence-electron chi connectivity index (χ1n) is 6.02. The van der Waals surface area contributed by atoms with Crippen molar-refractivity contribution < 1.29 is 13.2 Å². The molecule has 0 bridgehead atoms. The lowest BCUT2D eigenvalue weighted by Gasteiger charge is -2.10. The predicted octanol–water partition coefficient (Wildman–Crippen LogP) is 4.53. The molecule has 102 valence electrons. The molecule has 0 aliphatic heterocycles. The standard InChI is InChI=1S/C14H15F3N2/c1-8(2)10-5-4-9(3)11(6-10)12-7-18-13(19-12)14(15,16)17/h4-8H,1-3H3,(H,18,19). The molecule has 1 aromatic heterocycles. The smallest absolute Gasteiger partial charge is 0.334 e. The van der Waals surface area contributed by atoms with Crippen molar-refractivity contribution in [3.63, 3.8) is 0 Å². The van der Waals surface area contributed by atoms with Gasteiger partial charge in [0.2, 0.25) is 5.82 Å². The second-order valence-electron chi connectivity index (χ2n) is 4.87. The minimum atomic E-state index is -4.44. The molecule has 2 rings (SSSR count). The predicted molar refractivity (Wildman–Crippen MR) is 67.9 cm³/mol. The molecular weight excluding hydrogens is 253 g/mol. The second-order valence-corrected chi connectivity index (χ2v) is 4.87. The van der Waals surface area contributed by atoms with E-state index in [1.807, 2.05) is 39.0 Å². The van der Waals surface area contributed by atoms with Crippen LogP contribution in [0.3, 0.4) is 0 Å². The maximum Gasteiger partial charge on any atom is 0.449 e. The number of benzene rings is 1. The molecule has 0 fully saturated rings. The molecule has 2 nitrogen and oxygen atoms in total.